The van der Waals surface area contributed by atoms with Gasteiger partial charge in [-0.25, -0.2) is 0 Å². The number of carbonyl (C=O) groups excluding carboxylic acids is 2. The number of hydrogen-bond donors (Lipinski definition) is 0. The number of amides is 2. The number of anilines is 1. The number of nitrogens with zero attached hydrogens (tertiary/aromatic N) is 4. The van der Waals surface area contributed by atoms with E-state index in [0.29, 0.717) is 30.6 Å². The molecular formula is C19H27ClN4O2. The lowest BCUT2D eigenvalue weighted by Gasteiger charge is -2.35. The molecule has 0 radical (unpaired) electrons. The van der Waals surface area contributed by atoms with Crippen molar-refractivity contribution < 1.29 is 9.59 Å². The van der Waals surface area contributed by atoms with E-state index in [1.165, 1.54) is 0 Å². The van der Waals surface area contributed by atoms with Gasteiger partial charge in [0.1, 0.15) is 6.54 Å². The lowest BCUT2D eigenvalue weighted by molar-refractivity contribution is -0.137. The number of hydrogen-bond acceptors (Lipinski definition) is 4. The van der Waals surface area contributed by atoms with E-state index in [4.69, 9.17) is 11.6 Å². The zero-order chi connectivity index (χ0) is 18.7. The molecule has 2 aliphatic rings. The predicted molar refractivity (Wildman–Crippen MR) is 104 cm³/mol. The van der Waals surface area contributed by atoms with Crippen LogP contribution in [0.15, 0.2) is 24.3 Å². The van der Waals surface area contributed by atoms with Crippen LogP contribution < -0.4 is 4.90 Å². The average molecular weight is 379 g/mol. The van der Waals surface area contributed by atoms with Gasteiger partial charge in [0.25, 0.3) is 0 Å². The SMILES string of the molecule is CN1CCC(N(C)CCC(=O)N2CCN(c3ccccc3Cl)C(=O)C2)C1. The molecule has 7 heteroatoms. The minimum atomic E-state index is -0.0801. The Labute approximate surface area is 160 Å². The summed E-state index contributed by atoms with van der Waals surface area (Å²) in [5.74, 6) is -0.0289. The van der Waals surface area contributed by atoms with Gasteiger partial charge in [0.05, 0.1) is 10.7 Å². The van der Waals surface area contributed by atoms with Crippen molar-refractivity contribution in [1.29, 1.82) is 0 Å². The lowest BCUT2D eigenvalue weighted by atomic mass is 10.2. The maximum atomic E-state index is 12.5. The van der Waals surface area contributed by atoms with Gasteiger partial charge in [0, 0.05) is 38.6 Å². The highest BCUT2D eigenvalue weighted by Crippen LogP contribution is 2.26. The Kier molecular flexibility index (Phi) is 6.16. The van der Waals surface area contributed by atoms with Crippen LogP contribution in [0.4, 0.5) is 5.69 Å². The molecular weight excluding hydrogens is 352 g/mol. The molecule has 142 valence electrons. The van der Waals surface area contributed by atoms with Gasteiger partial charge < -0.3 is 19.6 Å². The quantitative estimate of drug-likeness (QED) is 0.779. The molecule has 0 aromatic heterocycles. The molecule has 6 nitrogen and oxygen atoms in total. The molecule has 0 aliphatic carbocycles. The van der Waals surface area contributed by atoms with Crippen LogP contribution in [0, 0.1) is 0 Å². The Hall–Kier alpha value is -1.63. The number of para-hydroxylation sites is 1. The van der Waals surface area contributed by atoms with Crippen LogP contribution in [-0.4, -0.2) is 85.9 Å². The molecule has 0 saturated carbocycles. The van der Waals surface area contributed by atoms with E-state index >= 15 is 0 Å². The summed E-state index contributed by atoms with van der Waals surface area (Å²) in [5, 5.41) is 0.559. The number of benzene rings is 1. The largest absolute Gasteiger partial charge is 0.332 e. The summed E-state index contributed by atoms with van der Waals surface area (Å²) in [6, 6.07) is 7.84. The summed E-state index contributed by atoms with van der Waals surface area (Å²) in [4.78, 5) is 33.0. The molecule has 2 saturated heterocycles. The molecule has 2 heterocycles. The van der Waals surface area contributed by atoms with Crippen LogP contribution in [-0.2, 0) is 9.59 Å². The third-order valence-electron chi connectivity index (χ3n) is 5.38. The monoisotopic (exact) mass is 378 g/mol. The Bertz CT molecular complexity index is 669. The highest BCUT2D eigenvalue weighted by molar-refractivity contribution is 6.33. The normalized spacial score (nSPS) is 21.7. The first-order valence-electron chi connectivity index (χ1n) is 9.17. The van der Waals surface area contributed by atoms with Gasteiger partial charge in [0.2, 0.25) is 11.8 Å². The Morgan fingerprint density at radius 3 is 2.69 bits per heavy atom. The molecule has 1 atom stereocenters. The molecule has 26 heavy (non-hydrogen) atoms. The molecule has 1 aromatic rings. The summed E-state index contributed by atoms with van der Waals surface area (Å²) < 4.78 is 0. The standard InChI is InChI=1S/C19H27ClN4O2/c1-21-9-7-15(13-21)22(2)10-8-18(25)23-11-12-24(19(26)14-23)17-6-4-3-5-16(17)20/h3-6,15H,7-14H2,1-2H3. The average Bonchev–Trinajstić information content (AvgIpc) is 3.06. The van der Waals surface area contributed by atoms with Crippen molar-refractivity contribution in [2.45, 2.75) is 18.9 Å². The van der Waals surface area contributed by atoms with E-state index in [1.807, 2.05) is 18.2 Å². The highest BCUT2D eigenvalue weighted by Gasteiger charge is 2.29. The van der Waals surface area contributed by atoms with E-state index < -0.39 is 0 Å². The van der Waals surface area contributed by atoms with E-state index in [1.54, 1.807) is 15.9 Å². The number of piperazine rings is 1. The van der Waals surface area contributed by atoms with Gasteiger partial charge >= 0.3 is 0 Å². The van der Waals surface area contributed by atoms with Crippen LogP contribution >= 0.6 is 11.6 Å². The maximum Gasteiger partial charge on any atom is 0.246 e. The van der Waals surface area contributed by atoms with Crippen LogP contribution in [0.2, 0.25) is 5.02 Å². The molecule has 0 bridgehead atoms. The molecule has 2 fully saturated rings. The number of carbonyl (C=O) groups is 2. The van der Waals surface area contributed by atoms with Gasteiger partial charge in [-0.1, -0.05) is 23.7 Å². The molecule has 0 spiro atoms. The van der Waals surface area contributed by atoms with Gasteiger partial charge in [-0.15, -0.1) is 0 Å². The first-order chi connectivity index (χ1) is 12.5. The molecule has 0 N–H and O–H groups in total. The fourth-order valence-corrected chi connectivity index (χ4v) is 3.93. The van der Waals surface area contributed by atoms with Gasteiger partial charge in [-0.3, -0.25) is 9.59 Å². The summed E-state index contributed by atoms with van der Waals surface area (Å²) in [6.45, 7) is 4.06. The zero-order valence-electron chi connectivity index (χ0n) is 15.5. The third-order valence-corrected chi connectivity index (χ3v) is 5.70. The summed E-state index contributed by atoms with van der Waals surface area (Å²) in [7, 11) is 4.21. The summed E-state index contributed by atoms with van der Waals surface area (Å²) in [6.07, 6.45) is 1.60. The number of rotatable bonds is 5. The summed E-state index contributed by atoms with van der Waals surface area (Å²) in [5.41, 5.74) is 0.719. The fourth-order valence-electron chi connectivity index (χ4n) is 3.70. The van der Waals surface area contributed by atoms with Crippen LogP contribution in [0.5, 0.6) is 0 Å². The van der Waals surface area contributed by atoms with E-state index in [9.17, 15) is 9.59 Å². The van der Waals surface area contributed by atoms with Crippen molar-refractivity contribution in [1.82, 2.24) is 14.7 Å². The minimum Gasteiger partial charge on any atom is -0.332 e. The highest BCUT2D eigenvalue weighted by atomic mass is 35.5. The smallest absolute Gasteiger partial charge is 0.246 e. The molecule has 3 rings (SSSR count). The van der Waals surface area contributed by atoms with Crippen molar-refractivity contribution in [3.63, 3.8) is 0 Å². The Morgan fingerprint density at radius 2 is 2.04 bits per heavy atom. The van der Waals surface area contributed by atoms with Crippen molar-refractivity contribution in [2.75, 3.05) is 58.3 Å². The topological polar surface area (TPSA) is 47.1 Å². The van der Waals surface area contributed by atoms with Crippen LogP contribution in [0.3, 0.4) is 0 Å². The first kappa shape index (κ1) is 19.1. The first-order valence-corrected chi connectivity index (χ1v) is 9.55. The van der Waals surface area contributed by atoms with Gasteiger partial charge in [-0.05, 0) is 39.2 Å². The maximum absolute atomic E-state index is 12.5. The van der Waals surface area contributed by atoms with Gasteiger partial charge in [-0.2, -0.15) is 0 Å². The van der Waals surface area contributed by atoms with E-state index in [0.717, 1.165) is 31.7 Å². The van der Waals surface area contributed by atoms with Crippen LogP contribution in [0.25, 0.3) is 0 Å². The van der Waals surface area contributed by atoms with Crippen LogP contribution in [0.1, 0.15) is 12.8 Å². The minimum absolute atomic E-state index is 0.0513. The zero-order valence-corrected chi connectivity index (χ0v) is 16.3. The Balaban J connectivity index is 1.50. The van der Waals surface area contributed by atoms with Crippen molar-refractivity contribution in [2.24, 2.45) is 0 Å². The Morgan fingerprint density at radius 1 is 1.27 bits per heavy atom. The van der Waals surface area contributed by atoms with Crippen molar-refractivity contribution >= 4 is 29.1 Å². The number of likely N-dealkylation sites (N-methyl/N-ethyl adjacent to an activating group) is 2. The second-order valence-electron chi connectivity index (χ2n) is 7.25. The van der Waals surface area contributed by atoms with Gasteiger partial charge in [0.15, 0.2) is 0 Å². The molecule has 1 aromatic carbocycles. The van der Waals surface area contributed by atoms with E-state index in [-0.39, 0.29) is 18.4 Å². The van der Waals surface area contributed by atoms with Crippen molar-refractivity contribution in [3.05, 3.63) is 29.3 Å². The molecule has 1 unspecified atom stereocenters. The second kappa shape index (κ2) is 8.37. The van der Waals surface area contributed by atoms with E-state index in [2.05, 4.69) is 23.9 Å². The fraction of sp³-hybridized carbons (Fsp3) is 0.579. The summed E-state index contributed by atoms with van der Waals surface area (Å²) >= 11 is 6.20. The number of halogens is 1. The second-order valence-corrected chi connectivity index (χ2v) is 7.65. The molecule has 2 aliphatic heterocycles. The third kappa shape index (κ3) is 4.37. The predicted octanol–water partition coefficient (Wildman–Crippen LogP) is 1.54. The lowest BCUT2D eigenvalue weighted by Crippen LogP contribution is -2.53. The number of likely N-dealkylation sites (tertiary alicyclic amines) is 1. The molecule has 2 amide bonds. The van der Waals surface area contributed by atoms with Crippen molar-refractivity contribution in [3.8, 4) is 0 Å².